The number of morpholine rings is 1. The summed E-state index contributed by atoms with van der Waals surface area (Å²) in [6, 6.07) is 5.94. The van der Waals surface area contributed by atoms with Crippen LogP contribution in [0.2, 0.25) is 5.02 Å². The molecule has 22 heavy (non-hydrogen) atoms. The van der Waals surface area contributed by atoms with Crippen LogP contribution in [0, 0.1) is 0 Å². The van der Waals surface area contributed by atoms with E-state index in [0.29, 0.717) is 10.8 Å². The summed E-state index contributed by atoms with van der Waals surface area (Å²) in [5.41, 5.74) is 1.92. The van der Waals surface area contributed by atoms with Gasteiger partial charge >= 0.3 is 0 Å². The van der Waals surface area contributed by atoms with Crippen LogP contribution in [0.25, 0.3) is 0 Å². The third-order valence-electron chi connectivity index (χ3n) is 3.46. The number of methoxy groups -OCH3 is 1. The maximum atomic E-state index is 6.06. The molecule has 1 aliphatic heterocycles. The van der Waals surface area contributed by atoms with Gasteiger partial charge in [-0.15, -0.1) is 0 Å². The van der Waals surface area contributed by atoms with E-state index in [1.165, 1.54) is 6.33 Å². The molecule has 1 aromatic heterocycles. The van der Waals surface area contributed by atoms with Gasteiger partial charge in [-0.1, -0.05) is 11.6 Å². The third kappa shape index (κ3) is 3.23. The van der Waals surface area contributed by atoms with Gasteiger partial charge in [-0.05, 0) is 12.1 Å². The minimum absolute atomic E-state index is 0.471. The largest absolute Gasteiger partial charge is 0.495 e. The molecular weight excluding hydrogens is 304 g/mol. The minimum atomic E-state index is 0.471. The average Bonchev–Trinajstić information content (AvgIpc) is 2.57. The van der Waals surface area contributed by atoms with Crippen LogP contribution in [0.1, 0.15) is 0 Å². The Morgan fingerprint density at radius 3 is 2.86 bits per heavy atom. The van der Waals surface area contributed by atoms with Crippen LogP contribution in [0.15, 0.2) is 30.7 Å². The Balaban J connectivity index is 1.83. The fraction of sp³-hybridized carbons (Fsp3) is 0.333. The van der Waals surface area contributed by atoms with Crippen molar-refractivity contribution in [2.24, 2.45) is 0 Å². The summed E-state index contributed by atoms with van der Waals surface area (Å²) in [5.74, 6) is 1.37. The zero-order chi connectivity index (χ0) is 15.4. The molecule has 3 rings (SSSR count). The molecule has 2 heterocycles. The molecule has 6 nitrogen and oxygen atoms in total. The second-order valence-corrected chi connectivity index (χ2v) is 5.24. The Morgan fingerprint density at radius 1 is 1.32 bits per heavy atom. The molecule has 0 radical (unpaired) electrons. The second-order valence-electron chi connectivity index (χ2n) is 4.83. The van der Waals surface area contributed by atoms with E-state index >= 15 is 0 Å². The van der Waals surface area contributed by atoms with Crippen LogP contribution in [0.3, 0.4) is 0 Å². The smallest absolute Gasteiger partial charge is 0.152 e. The van der Waals surface area contributed by atoms with Crippen molar-refractivity contribution < 1.29 is 9.47 Å². The van der Waals surface area contributed by atoms with Crippen molar-refractivity contribution in [3.05, 3.63) is 35.7 Å². The van der Waals surface area contributed by atoms with Crippen molar-refractivity contribution in [1.82, 2.24) is 9.97 Å². The molecule has 0 aliphatic carbocycles. The zero-order valence-corrected chi connectivity index (χ0v) is 13.0. The van der Waals surface area contributed by atoms with Gasteiger partial charge < -0.3 is 19.7 Å². The van der Waals surface area contributed by atoms with Crippen LogP contribution in [-0.2, 0) is 4.74 Å². The fourth-order valence-electron chi connectivity index (χ4n) is 2.36. The SMILES string of the molecule is COc1cc(Nc2ncncc2Cl)ccc1N1CCOCC1. The normalized spacial score (nSPS) is 14.7. The Bertz CT molecular complexity index is 647. The van der Waals surface area contributed by atoms with Crippen molar-refractivity contribution in [2.45, 2.75) is 0 Å². The topological polar surface area (TPSA) is 59.5 Å². The summed E-state index contributed by atoms with van der Waals surface area (Å²) in [6.45, 7) is 3.20. The van der Waals surface area contributed by atoms with Gasteiger partial charge in [0.2, 0.25) is 0 Å². The summed E-state index contributed by atoms with van der Waals surface area (Å²) in [5, 5.41) is 3.64. The summed E-state index contributed by atoms with van der Waals surface area (Å²) in [6.07, 6.45) is 3.00. The number of benzene rings is 1. The molecule has 1 aromatic carbocycles. The number of hydrogen-bond donors (Lipinski definition) is 1. The first kappa shape index (κ1) is 14.9. The van der Waals surface area contributed by atoms with Crippen LogP contribution >= 0.6 is 11.6 Å². The van der Waals surface area contributed by atoms with E-state index in [1.807, 2.05) is 18.2 Å². The summed E-state index contributed by atoms with van der Waals surface area (Å²) < 4.78 is 10.9. The van der Waals surface area contributed by atoms with Crippen molar-refractivity contribution in [2.75, 3.05) is 43.6 Å². The number of aromatic nitrogens is 2. The molecule has 0 unspecified atom stereocenters. The van der Waals surface area contributed by atoms with E-state index in [-0.39, 0.29) is 0 Å². The van der Waals surface area contributed by atoms with Crippen molar-refractivity contribution in [3.63, 3.8) is 0 Å². The number of hydrogen-bond acceptors (Lipinski definition) is 6. The predicted octanol–water partition coefficient (Wildman–Crippen LogP) is 2.72. The lowest BCUT2D eigenvalue weighted by molar-refractivity contribution is 0.122. The Labute approximate surface area is 134 Å². The highest BCUT2D eigenvalue weighted by atomic mass is 35.5. The van der Waals surface area contributed by atoms with Gasteiger partial charge in [0.1, 0.15) is 17.1 Å². The zero-order valence-electron chi connectivity index (χ0n) is 12.3. The van der Waals surface area contributed by atoms with Crippen molar-refractivity contribution in [3.8, 4) is 5.75 Å². The highest BCUT2D eigenvalue weighted by molar-refractivity contribution is 6.32. The lowest BCUT2D eigenvalue weighted by Crippen LogP contribution is -2.36. The Morgan fingerprint density at radius 2 is 2.14 bits per heavy atom. The lowest BCUT2D eigenvalue weighted by atomic mass is 10.2. The third-order valence-corrected chi connectivity index (χ3v) is 3.74. The van der Waals surface area contributed by atoms with E-state index in [0.717, 1.165) is 43.4 Å². The van der Waals surface area contributed by atoms with Gasteiger partial charge in [-0.3, -0.25) is 0 Å². The summed E-state index contributed by atoms with van der Waals surface area (Å²) >= 11 is 6.06. The van der Waals surface area contributed by atoms with Gasteiger partial charge in [0.05, 0.1) is 32.2 Å². The Hall–Kier alpha value is -2.05. The maximum absolute atomic E-state index is 6.06. The standard InChI is InChI=1S/C15H17ClN4O2/c1-21-14-8-11(19-15-12(16)9-17-10-18-15)2-3-13(14)20-4-6-22-7-5-20/h2-3,8-10H,4-7H2,1H3,(H,17,18,19). The van der Waals surface area contributed by atoms with Crippen LogP contribution < -0.4 is 15.0 Å². The molecule has 0 bridgehead atoms. The summed E-state index contributed by atoms with van der Waals surface area (Å²) in [4.78, 5) is 10.2. The van der Waals surface area contributed by atoms with E-state index < -0.39 is 0 Å². The minimum Gasteiger partial charge on any atom is -0.495 e. The number of halogens is 1. The van der Waals surface area contributed by atoms with Gasteiger partial charge in [-0.2, -0.15) is 0 Å². The van der Waals surface area contributed by atoms with Gasteiger partial charge in [0, 0.05) is 24.8 Å². The van der Waals surface area contributed by atoms with E-state index in [1.54, 1.807) is 13.3 Å². The highest BCUT2D eigenvalue weighted by Gasteiger charge is 2.16. The number of nitrogens with one attached hydrogen (secondary N) is 1. The molecule has 116 valence electrons. The molecule has 1 fully saturated rings. The van der Waals surface area contributed by atoms with Crippen LogP contribution in [0.5, 0.6) is 5.75 Å². The van der Waals surface area contributed by atoms with Gasteiger partial charge in [0.15, 0.2) is 5.82 Å². The quantitative estimate of drug-likeness (QED) is 0.934. The monoisotopic (exact) mass is 320 g/mol. The maximum Gasteiger partial charge on any atom is 0.152 e. The van der Waals surface area contributed by atoms with E-state index in [2.05, 4.69) is 20.2 Å². The molecule has 0 spiro atoms. The van der Waals surface area contributed by atoms with E-state index in [9.17, 15) is 0 Å². The van der Waals surface area contributed by atoms with Crippen molar-refractivity contribution >= 4 is 28.8 Å². The number of nitrogens with zero attached hydrogens (tertiary/aromatic N) is 3. The molecule has 0 atom stereocenters. The first-order chi connectivity index (χ1) is 10.8. The second kappa shape index (κ2) is 6.81. The van der Waals surface area contributed by atoms with Crippen molar-refractivity contribution in [1.29, 1.82) is 0 Å². The highest BCUT2D eigenvalue weighted by Crippen LogP contribution is 2.33. The molecular formula is C15H17ClN4O2. The first-order valence-corrected chi connectivity index (χ1v) is 7.39. The van der Waals surface area contributed by atoms with Gasteiger partial charge in [-0.25, -0.2) is 9.97 Å². The lowest BCUT2D eigenvalue weighted by Gasteiger charge is -2.30. The average molecular weight is 321 g/mol. The predicted molar refractivity (Wildman–Crippen MR) is 86.4 cm³/mol. The number of anilines is 3. The molecule has 0 saturated carbocycles. The molecule has 1 N–H and O–H groups in total. The first-order valence-electron chi connectivity index (χ1n) is 7.01. The molecule has 0 amide bonds. The Kier molecular flexibility index (Phi) is 4.60. The van der Waals surface area contributed by atoms with Crippen LogP contribution in [-0.4, -0.2) is 43.4 Å². The number of ether oxygens (including phenoxy) is 2. The van der Waals surface area contributed by atoms with E-state index in [4.69, 9.17) is 21.1 Å². The summed E-state index contributed by atoms with van der Waals surface area (Å²) in [7, 11) is 1.67. The number of rotatable bonds is 4. The fourth-order valence-corrected chi connectivity index (χ4v) is 2.51. The molecule has 7 heteroatoms. The van der Waals surface area contributed by atoms with Crippen LogP contribution in [0.4, 0.5) is 17.2 Å². The molecule has 2 aromatic rings. The molecule has 1 aliphatic rings. The molecule has 1 saturated heterocycles. The van der Waals surface area contributed by atoms with Gasteiger partial charge in [0.25, 0.3) is 0 Å².